The molecule has 112 valence electrons. The van der Waals surface area contributed by atoms with Crippen molar-refractivity contribution in [1.29, 1.82) is 0 Å². The number of aromatic nitrogens is 2. The molecule has 0 atom stereocenters. The van der Waals surface area contributed by atoms with Crippen LogP contribution in [0.3, 0.4) is 0 Å². The lowest BCUT2D eigenvalue weighted by molar-refractivity contribution is 0.833. The highest BCUT2D eigenvalue weighted by Crippen LogP contribution is 2.25. The van der Waals surface area contributed by atoms with Crippen molar-refractivity contribution >= 4 is 11.0 Å². The van der Waals surface area contributed by atoms with Crippen LogP contribution in [0.4, 0.5) is 0 Å². The largest absolute Gasteiger partial charge is 0.319 e. The number of imidazole rings is 1. The van der Waals surface area contributed by atoms with Crippen LogP contribution in [0, 0.1) is 6.92 Å². The Morgan fingerprint density at radius 3 is 2.43 bits per heavy atom. The maximum Gasteiger partial charge on any atom is 0.141 e. The molecule has 0 aliphatic carbocycles. The van der Waals surface area contributed by atoms with Gasteiger partial charge in [0.15, 0.2) is 0 Å². The number of fused-ring (bicyclic) bond motifs is 1. The van der Waals surface area contributed by atoms with Crippen LogP contribution in [-0.4, -0.2) is 9.55 Å². The number of hydrogen-bond donors (Lipinski definition) is 0. The molecule has 3 aromatic carbocycles. The molecule has 4 rings (SSSR count). The standard InChI is InChI=1S/C21H18N2/c1-16-8-7-9-17(14-16)15-23-20-13-6-5-12-19(20)22-21(23)18-10-3-2-4-11-18/h2-14H,15H2,1H3. The molecular weight excluding hydrogens is 280 g/mol. The Kier molecular flexibility index (Phi) is 3.43. The van der Waals surface area contributed by atoms with Gasteiger partial charge in [-0.1, -0.05) is 72.3 Å². The first-order valence-corrected chi connectivity index (χ1v) is 7.87. The maximum atomic E-state index is 4.86. The van der Waals surface area contributed by atoms with Crippen LogP contribution in [-0.2, 0) is 6.54 Å². The quantitative estimate of drug-likeness (QED) is 0.517. The van der Waals surface area contributed by atoms with Gasteiger partial charge < -0.3 is 4.57 Å². The van der Waals surface area contributed by atoms with E-state index in [1.54, 1.807) is 0 Å². The molecule has 0 saturated carbocycles. The molecule has 0 radical (unpaired) electrons. The molecule has 0 N–H and O–H groups in total. The van der Waals surface area contributed by atoms with Gasteiger partial charge >= 0.3 is 0 Å². The summed E-state index contributed by atoms with van der Waals surface area (Å²) in [5, 5.41) is 0. The van der Waals surface area contributed by atoms with E-state index >= 15 is 0 Å². The minimum Gasteiger partial charge on any atom is -0.319 e. The lowest BCUT2D eigenvalue weighted by atomic mass is 10.1. The smallest absolute Gasteiger partial charge is 0.141 e. The van der Waals surface area contributed by atoms with Crippen LogP contribution in [0.15, 0.2) is 78.9 Å². The molecule has 2 nitrogen and oxygen atoms in total. The second kappa shape index (κ2) is 5.73. The maximum absolute atomic E-state index is 4.86. The van der Waals surface area contributed by atoms with E-state index in [1.165, 1.54) is 16.6 Å². The van der Waals surface area contributed by atoms with Gasteiger partial charge in [-0.25, -0.2) is 4.98 Å². The van der Waals surface area contributed by atoms with Crippen LogP contribution in [0.25, 0.3) is 22.4 Å². The second-order valence-corrected chi connectivity index (χ2v) is 5.87. The summed E-state index contributed by atoms with van der Waals surface area (Å²) >= 11 is 0. The van der Waals surface area contributed by atoms with Gasteiger partial charge in [-0.2, -0.15) is 0 Å². The van der Waals surface area contributed by atoms with Gasteiger partial charge in [0.1, 0.15) is 5.82 Å². The van der Waals surface area contributed by atoms with Crippen LogP contribution < -0.4 is 0 Å². The molecule has 0 saturated heterocycles. The summed E-state index contributed by atoms with van der Waals surface area (Å²) < 4.78 is 2.30. The Morgan fingerprint density at radius 2 is 1.61 bits per heavy atom. The van der Waals surface area contributed by atoms with E-state index in [1.807, 2.05) is 12.1 Å². The third kappa shape index (κ3) is 2.64. The molecular formula is C21H18N2. The van der Waals surface area contributed by atoms with Crippen molar-refractivity contribution in [3.8, 4) is 11.4 Å². The molecule has 1 heterocycles. The second-order valence-electron chi connectivity index (χ2n) is 5.87. The highest BCUT2D eigenvalue weighted by atomic mass is 15.1. The lowest BCUT2D eigenvalue weighted by Gasteiger charge is -2.10. The monoisotopic (exact) mass is 298 g/mol. The fourth-order valence-corrected chi connectivity index (χ4v) is 3.04. The van der Waals surface area contributed by atoms with Crippen LogP contribution in [0.2, 0.25) is 0 Å². The number of para-hydroxylation sites is 2. The molecule has 0 fully saturated rings. The summed E-state index contributed by atoms with van der Waals surface area (Å²) in [5.74, 6) is 1.02. The van der Waals surface area contributed by atoms with Gasteiger partial charge in [0.2, 0.25) is 0 Å². The van der Waals surface area contributed by atoms with Crippen molar-refractivity contribution in [3.63, 3.8) is 0 Å². The Morgan fingerprint density at radius 1 is 0.826 bits per heavy atom. The Hall–Kier alpha value is -2.87. The predicted molar refractivity (Wildman–Crippen MR) is 95.5 cm³/mol. The van der Waals surface area contributed by atoms with Gasteiger partial charge in [-0.05, 0) is 24.6 Å². The topological polar surface area (TPSA) is 17.8 Å². The van der Waals surface area contributed by atoms with Crippen molar-refractivity contribution in [2.24, 2.45) is 0 Å². The Bertz CT molecular complexity index is 952. The number of hydrogen-bond acceptors (Lipinski definition) is 1. The van der Waals surface area contributed by atoms with E-state index in [-0.39, 0.29) is 0 Å². The summed E-state index contributed by atoms with van der Waals surface area (Å²) in [6, 6.07) is 27.4. The van der Waals surface area contributed by atoms with Crippen LogP contribution in [0.5, 0.6) is 0 Å². The number of aryl methyl sites for hydroxylation is 1. The summed E-state index contributed by atoms with van der Waals surface area (Å²) in [6.07, 6.45) is 0. The fourth-order valence-electron chi connectivity index (χ4n) is 3.04. The van der Waals surface area contributed by atoms with E-state index in [4.69, 9.17) is 4.98 Å². The first kappa shape index (κ1) is 13.8. The van der Waals surface area contributed by atoms with Gasteiger partial charge in [0.25, 0.3) is 0 Å². The van der Waals surface area contributed by atoms with E-state index < -0.39 is 0 Å². The van der Waals surface area contributed by atoms with Gasteiger partial charge in [0.05, 0.1) is 11.0 Å². The molecule has 0 unspecified atom stereocenters. The van der Waals surface area contributed by atoms with E-state index in [0.29, 0.717) is 0 Å². The van der Waals surface area contributed by atoms with Gasteiger partial charge in [-0.3, -0.25) is 0 Å². The molecule has 0 amide bonds. The van der Waals surface area contributed by atoms with Crippen molar-refractivity contribution < 1.29 is 0 Å². The molecule has 0 aliphatic heterocycles. The van der Waals surface area contributed by atoms with E-state index in [9.17, 15) is 0 Å². The summed E-state index contributed by atoms with van der Waals surface area (Å²) in [4.78, 5) is 4.86. The molecule has 1 aromatic heterocycles. The lowest BCUT2D eigenvalue weighted by Crippen LogP contribution is -2.02. The highest BCUT2D eigenvalue weighted by Gasteiger charge is 2.12. The Labute approximate surface area is 136 Å². The SMILES string of the molecule is Cc1cccc(Cn2c(-c3ccccc3)nc3ccccc32)c1. The number of rotatable bonds is 3. The van der Waals surface area contributed by atoms with Crippen LogP contribution in [0.1, 0.15) is 11.1 Å². The van der Waals surface area contributed by atoms with Crippen molar-refractivity contribution in [2.75, 3.05) is 0 Å². The average molecular weight is 298 g/mol. The normalized spacial score (nSPS) is 11.0. The fraction of sp³-hybridized carbons (Fsp3) is 0.0952. The first-order chi connectivity index (χ1) is 11.3. The summed E-state index contributed by atoms with van der Waals surface area (Å²) in [5.41, 5.74) is 5.95. The predicted octanol–water partition coefficient (Wildman–Crippen LogP) is 5.06. The Balaban J connectivity index is 1.89. The third-order valence-corrected chi connectivity index (χ3v) is 4.11. The minimum absolute atomic E-state index is 0.826. The zero-order valence-corrected chi connectivity index (χ0v) is 13.1. The molecule has 0 bridgehead atoms. The van der Waals surface area contributed by atoms with Crippen molar-refractivity contribution in [1.82, 2.24) is 9.55 Å². The molecule has 0 aliphatic rings. The number of nitrogens with zero attached hydrogens (tertiary/aromatic N) is 2. The average Bonchev–Trinajstić information content (AvgIpc) is 2.95. The zero-order valence-electron chi connectivity index (χ0n) is 13.1. The van der Waals surface area contributed by atoms with Crippen molar-refractivity contribution in [3.05, 3.63) is 90.0 Å². The van der Waals surface area contributed by atoms with Gasteiger partial charge in [0, 0.05) is 12.1 Å². The van der Waals surface area contributed by atoms with Gasteiger partial charge in [-0.15, -0.1) is 0 Å². The summed E-state index contributed by atoms with van der Waals surface area (Å²) in [7, 11) is 0. The number of benzene rings is 3. The first-order valence-electron chi connectivity index (χ1n) is 7.87. The molecule has 4 aromatic rings. The minimum atomic E-state index is 0.826. The van der Waals surface area contributed by atoms with E-state index in [2.05, 4.69) is 78.2 Å². The third-order valence-electron chi connectivity index (χ3n) is 4.11. The molecule has 23 heavy (non-hydrogen) atoms. The molecule has 0 spiro atoms. The molecule has 2 heteroatoms. The van der Waals surface area contributed by atoms with Crippen molar-refractivity contribution in [2.45, 2.75) is 13.5 Å². The highest BCUT2D eigenvalue weighted by molar-refractivity contribution is 5.80. The zero-order chi connectivity index (χ0) is 15.6. The summed E-state index contributed by atoms with van der Waals surface area (Å²) in [6.45, 7) is 2.96. The van der Waals surface area contributed by atoms with E-state index in [0.717, 1.165) is 23.4 Å². The van der Waals surface area contributed by atoms with Crippen LogP contribution >= 0.6 is 0 Å².